The molecule has 0 atom stereocenters. The summed E-state index contributed by atoms with van der Waals surface area (Å²) in [4.78, 5) is 39.1. The van der Waals surface area contributed by atoms with Crippen molar-refractivity contribution in [2.75, 3.05) is 47.6 Å². The largest absolute Gasteiger partial charge is 0.493 e. The van der Waals surface area contributed by atoms with Gasteiger partial charge in [0.2, 0.25) is 11.5 Å². The molecule has 38 heavy (non-hydrogen) atoms. The standard InChI is InChI=1S/C28H31NO9/c1-5-36-28(32)18-8-10-29(11-9-18)25(30)16-37-19-6-7-20-21(15-19)38-22(26(20)31)12-17-13-23(33-2)27(35-4)24(14-17)34-3/h6-7,12-15,18H,5,8-11,16H2,1-4H3. The lowest BCUT2D eigenvalue weighted by molar-refractivity contribution is -0.151. The van der Waals surface area contributed by atoms with Crippen LogP contribution in [0.25, 0.3) is 6.08 Å². The third-order valence-electron chi connectivity index (χ3n) is 6.46. The summed E-state index contributed by atoms with van der Waals surface area (Å²) in [6, 6.07) is 8.25. The van der Waals surface area contributed by atoms with Gasteiger partial charge in [-0.25, -0.2) is 0 Å². The molecule has 2 aromatic rings. The molecular formula is C28H31NO9. The van der Waals surface area contributed by atoms with Gasteiger partial charge in [-0.15, -0.1) is 0 Å². The molecule has 4 rings (SSSR count). The number of benzene rings is 2. The molecule has 0 spiro atoms. The molecule has 0 unspecified atom stereocenters. The van der Waals surface area contributed by atoms with Crippen molar-refractivity contribution in [3.05, 3.63) is 47.2 Å². The number of Topliss-reactive ketones (excluding diaryl/α,β-unsaturated/α-hetero) is 1. The van der Waals surface area contributed by atoms with Crippen LogP contribution in [0.1, 0.15) is 35.7 Å². The Morgan fingerprint density at radius 1 is 1.03 bits per heavy atom. The van der Waals surface area contributed by atoms with Gasteiger partial charge in [-0.1, -0.05) is 0 Å². The van der Waals surface area contributed by atoms with Crippen molar-refractivity contribution in [3.63, 3.8) is 0 Å². The van der Waals surface area contributed by atoms with Gasteiger partial charge in [-0.3, -0.25) is 14.4 Å². The Hall–Kier alpha value is -4.21. The molecule has 10 heteroatoms. The van der Waals surface area contributed by atoms with Crippen LogP contribution < -0.4 is 23.7 Å². The third-order valence-corrected chi connectivity index (χ3v) is 6.46. The van der Waals surface area contributed by atoms with Gasteiger partial charge in [0.05, 0.1) is 39.4 Å². The van der Waals surface area contributed by atoms with Crippen molar-refractivity contribution in [2.45, 2.75) is 19.8 Å². The van der Waals surface area contributed by atoms with Crippen LogP contribution in [0.5, 0.6) is 28.7 Å². The summed E-state index contributed by atoms with van der Waals surface area (Å²) < 4.78 is 32.7. The maximum absolute atomic E-state index is 12.9. The van der Waals surface area contributed by atoms with Gasteiger partial charge in [0.1, 0.15) is 11.5 Å². The fraction of sp³-hybridized carbons (Fsp3) is 0.393. The molecule has 0 N–H and O–H groups in total. The highest BCUT2D eigenvalue weighted by molar-refractivity contribution is 6.14. The lowest BCUT2D eigenvalue weighted by atomic mass is 9.97. The summed E-state index contributed by atoms with van der Waals surface area (Å²) in [5.41, 5.74) is 1.02. The van der Waals surface area contributed by atoms with Crippen LogP contribution in [0.4, 0.5) is 0 Å². The second kappa shape index (κ2) is 11.9. The molecule has 2 aliphatic rings. The van der Waals surface area contributed by atoms with Gasteiger partial charge in [-0.05, 0) is 55.7 Å². The number of hydrogen-bond acceptors (Lipinski definition) is 9. The maximum Gasteiger partial charge on any atom is 0.309 e. The smallest absolute Gasteiger partial charge is 0.309 e. The molecular weight excluding hydrogens is 494 g/mol. The number of allylic oxidation sites excluding steroid dienone is 1. The zero-order valence-corrected chi connectivity index (χ0v) is 21.9. The van der Waals surface area contributed by atoms with Crippen molar-refractivity contribution in [1.29, 1.82) is 0 Å². The Morgan fingerprint density at radius 2 is 1.71 bits per heavy atom. The Morgan fingerprint density at radius 3 is 2.32 bits per heavy atom. The van der Waals surface area contributed by atoms with Crippen LogP contribution in [-0.4, -0.2) is 70.2 Å². The minimum absolute atomic E-state index is 0.131. The zero-order valence-electron chi connectivity index (χ0n) is 21.9. The molecule has 2 heterocycles. The van der Waals surface area contributed by atoms with Gasteiger partial charge < -0.3 is 33.3 Å². The number of rotatable bonds is 9. The number of esters is 1. The van der Waals surface area contributed by atoms with E-state index < -0.39 is 0 Å². The highest BCUT2D eigenvalue weighted by Crippen LogP contribution is 2.40. The fourth-order valence-electron chi connectivity index (χ4n) is 4.45. The average Bonchev–Trinajstić information content (AvgIpc) is 3.25. The van der Waals surface area contributed by atoms with Crippen molar-refractivity contribution >= 4 is 23.7 Å². The van der Waals surface area contributed by atoms with E-state index in [1.54, 1.807) is 48.2 Å². The molecule has 202 valence electrons. The van der Waals surface area contributed by atoms with Gasteiger partial charge in [0, 0.05) is 19.2 Å². The third kappa shape index (κ3) is 5.69. The monoisotopic (exact) mass is 525 g/mol. The lowest BCUT2D eigenvalue weighted by Gasteiger charge is -2.30. The van der Waals surface area contributed by atoms with E-state index in [0.29, 0.717) is 72.4 Å². The normalized spacial score (nSPS) is 16.1. The van der Waals surface area contributed by atoms with Gasteiger partial charge in [0.15, 0.2) is 23.9 Å². The number of amides is 1. The molecule has 1 fully saturated rings. The Labute approximate surface area is 221 Å². The number of methoxy groups -OCH3 is 3. The van der Waals surface area contributed by atoms with E-state index in [2.05, 4.69) is 0 Å². The van der Waals surface area contributed by atoms with Crippen molar-refractivity contribution < 1.29 is 42.8 Å². The summed E-state index contributed by atoms with van der Waals surface area (Å²) in [7, 11) is 4.54. The first kappa shape index (κ1) is 26.8. The predicted octanol–water partition coefficient (Wildman–Crippen LogP) is 3.51. The first-order valence-electron chi connectivity index (χ1n) is 12.3. The lowest BCUT2D eigenvalue weighted by Crippen LogP contribution is -2.42. The van der Waals surface area contributed by atoms with E-state index in [0.717, 1.165) is 0 Å². The average molecular weight is 526 g/mol. The number of ketones is 1. The number of carbonyl (C=O) groups excluding carboxylic acids is 3. The van der Waals surface area contributed by atoms with Crippen LogP contribution in [0.15, 0.2) is 36.1 Å². The summed E-state index contributed by atoms with van der Waals surface area (Å²) in [6.45, 7) is 2.92. The van der Waals surface area contributed by atoms with Gasteiger partial charge in [-0.2, -0.15) is 0 Å². The number of carbonyl (C=O) groups is 3. The maximum atomic E-state index is 12.9. The Kier molecular flexibility index (Phi) is 8.40. The van der Waals surface area contributed by atoms with E-state index >= 15 is 0 Å². The molecule has 1 saturated heterocycles. The summed E-state index contributed by atoms with van der Waals surface area (Å²) in [5, 5.41) is 0. The first-order valence-corrected chi connectivity index (χ1v) is 12.3. The summed E-state index contributed by atoms with van der Waals surface area (Å²) >= 11 is 0. The summed E-state index contributed by atoms with van der Waals surface area (Å²) in [6.07, 6.45) is 2.73. The van der Waals surface area contributed by atoms with Crippen molar-refractivity contribution in [3.8, 4) is 28.7 Å². The molecule has 0 radical (unpaired) electrons. The number of likely N-dealkylation sites (tertiary alicyclic amines) is 1. The second-order valence-corrected chi connectivity index (χ2v) is 8.75. The van der Waals surface area contributed by atoms with Gasteiger partial charge in [0.25, 0.3) is 5.91 Å². The highest BCUT2D eigenvalue weighted by Gasteiger charge is 2.30. The molecule has 0 aromatic heterocycles. The minimum atomic E-state index is -0.277. The van der Waals surface area contributed by atoms with Crippen LogP contribution in [-0.2, 0) is 14.3 Å². The first-order chi connectivity index (χ1) is 18.4. The van der Waals surface area contributed by atoms with E-state index in [-0.39, 0.29) is 35.9 Å². The van der Waals surface area contributed by atoms with E-state index in [1.807, 2.05) is 0 Å². The van der Waals surface area contributed by atoms with E-state index in [9.17, 15) is 14.4 Å². The van der Waals surface area contributed by atoms with Gasteiger partial charge >= 0.3 is 5.97 Å². The molecule has 2 aliphatic heterocycles. The minimum Gasteiger partial charge on any atom is -0.493 e. The second-order valence-electron chi connectivity index (χ2n) is 8.75. The Balaban J connectivity index is 1.39. The number of fused-ring (bicyclic) bond motifs is 1. The molecule has 1 amide bonds. The molecule has 0 bridgehead atoms. The topological polar surface area (TPSA) is 110 Å². The quantitative estimate of drug-likeness (QED) is 0.359. The van der Waals surface area contributed by atoms with Crippen LogP contribution >= 0.6 is 0 Å². The van der Waals surface area contributed by atoms with Crippen LogP contribution in [0.3, 0.4) is 0 Å². The van der Waals surface area contributed by atoms with E-state index in [1.165, 1.54) is 21.3 Å². The SMILES string of the molecule is CCOC(=O)C1CCN(C(=O)COc2ccc3c(c2)OC(=Cc2cc(OC)c(OC)c(OC)c2)C3=O)CC1. The van der Waals surface area contributed by atoms with Crippen LogP contribution in [0, 0.1) is 5.92 Å². The zero-order chi connectivity index (χ0) is 27.2. The van der Waals surface area contributed by atoms with Crippen molar-refractivity contribution in [1.82, 2.24) is 4.90 Å². The Bertz CT molecular complexity index is 1220. The number of piperidine rings is 1. The molecule has 0 aliphatic carbocycles. The molecule has 2 aromatic carbocycles. The molecule has 10 nitrogen and oxygen atoms in total. The number of hydrogen-bond donors (Lipinski definition) is 0. The summed E-state index contributed by atoms with van der Waals surface area (Å²) in [5.74, 6) is 1.39. The fourth-order valence-corrected chi connectivity index (χ4v) is 4.45. The predicted molar refractivity (Wildman–Crippen MR) is 137 cm³/mol. The highest BCUT2D eigenvalue weighted by atomic mass is 16.5. The van der Waals surface area contributed by atoms with Crippen LogP contribution in [0.2, 0.25) is 0 Å². The van der Waals surface area contributed by atoms with E-state index in [4.69, 9.17) is 28.4 Å². The van der Waals surface area contributed by atoms with Crippen molar-refractivity contribution in [2.24, 2.45) is 5.92 Å². The number of ether oxygens (including phenoxy) is 6. The number of nitrogens with zero attached hydrogens (tertiary/aromatic N) is 1. The molecule has 0 saturated carbocycles.